The molecule has 0 atom stereocenters. The van der Waals surface area contributed by atoms with Crippen LogP contribution in [0.1, 0.15) is 22.3 Å². The lowest BCUT2D eigenvalue weighted by atomic mass is 9.67. The third-order valence-electron chi connectivity index (χ3n) is 12.3. The molecule has 0 N–H and O–H groups in total. The van der Waals surface area contributed by atoms with Crippen molar-refractivity contribution in [2.45, 2.75) is 5.41 Å². The van der Waals surface area contributed by atoms with Gasteiger partial charge in [-0.05, 0) is 117 Å². The monoisotopic (exact) mass is 812 g/mol. The second-order valence-electron chi connectivity index (χ2n) is 15.8. The van der Waals surface area contributed by atoms with Gasteiger partial charge in [0.05, 0.1) is 11.1 Å². The summed E-state index contributed by atoms with van der Waals surface area (Å²) in [6.07, 6.45) is 0. The number of rotatable bonds is 9. The van der Waals surface area contributed by atoms with Crippen molar-refractivity contribution in [3.63, 3.8) is 0 Å². The molecule has 1 aliphatic carbocycles. The van der Waals surface area contributed by atoms with Crippen LogP contribution < -0.4 is 9.80 Å². The predicted octanol–water partition coefficient (Wildman–Crippen LogP) is 16.5. The highest BCUT2D eigenvalue weighted by Crippen LogP contribution is 2.59. The van der Waals surface area contributed by atoms with Gasteiger partial charge in [-0.1, -0.05) is 194 Å². The average molecular weight is 813 g/mol. The number of hydrogen-bond acceptors (Lipinski definition) is 2. The van der Waals surface area contributed by atoms with Crippen molar-refractivity contribution in [2.24, 2.45) is 0 Å². The van der Waals surface area contributed by atoms with Crippen LogP contribution in [0.2, 0.25) is 5.02 Å². The average Bonchev–Trinajstić information content (AvgIpc) is 3.64. The van der Waals surface area contributed by atoms with E-state index < -0.39 is 5.41 Å². The van der Waals surface area contributed by atoms with E-state index in [1.54, 1.807) is 0 Å². The summed E-state index contributed by atoms with van der Waals surface area (Å²) in [5.74, 6) is 0. The van der Waals surface area contributed by atoms with Gasteiger partial charge >= 0.3 is 0 Å². The van der Waals surface area contributed by atoms with E-state index in [0.717, 1.165) is 45.3 Å². The van der Waals surface area contributed by atoms with Gasteiger partial charge in [0.1, 0.15) is 0 Å². The molecule has 1 aliphatic rings. The van der Waals surface area contributed by atoms with Gasteiger partial charge in [-0.25, -0.2) is 0 Å². The van der Waals surface area contributed by atoms with E-state index in [2.05, 4.69) is 240 Å². The van der Waals surface area contributed by atoms with Crippen molar-refractivity contribution < 1.29 is 0 Å². The Labute approximate surface area is 368 Å². The van der Waals surface area contributed by atoms with E-state index in [4.69, 9.17) is 11.6 Å². The van der Waals surface area contributed by atoms with Crippen LogP contribution in [0.4, 0.5) is 34.1 Å². The minimum atomic E-state index is -0.565. The first-order valence-electron chi connectivity index (χ1n) is 21.1. The van der Waals surface area contributed by atoms with Crippen molar-refractivity contribution in [2.75, 3.05) is 9.80 Å². The molecule has 2 nitrogen and oxygen atoms in total. The van der Waals surface area contributed by atoms with Gasteiger partial charge < -0.3 is 9.80 Å². The van der Waals surface area contributed by atoms with Gasteiger partial charge in [0.15, 0.2) is 0 Å². The smallest absolute Gasteiger partial charge is 0.0714 e. The maximum absolute atomic E-state index is 6.74. The molecule has 3 heteroatoms. The molecule has 0 radical (unpaired) electrons. The molecule has 62 heavy (non-hydrogen) atoms. The van der Waals surface area contributed by atoms with Crippen LogP contribution in [0.3, 0.4) is 0 Å². The molecule has 0 saturated carbocycles. The Morgan fingerprint density at radius 3 is 1.48 bits per heavy atom. The van der Waals surface area contributed by atoms with E-state index in [9.17, 15) is 0 Å². The summed E-state index contributed by atoms with van der Waals surface area (Å²) in [6, 6.07) is 89.6. The third kappa shape index (κ3) is 6.27. The number of nitrogens with zero attached hydrogens (tertiary/aromatic N) is 2. The van der Waals surface area contributed by atoms with E-state index in [0.29, 0.717) is 5.02 Å². The second-order valence-corrected chi connectivity index (χ2v) is 16.3. The highest BCUT2D eigenvalue weighted by atomic mass is 35.5. The molecule has 0 amide bonds. The largest absolute Gasteiger partial charge is 0.310 e. The zero-order valence-corrected chi connectivity index (χ0v) is 34.7. The summed E-state index contributed by atoms with van der Waals surface area (Å²) in [6.45, 7) is 0. The van der Waals surface area contributed by atoms with Crippen molar-refractivity contribution in [1.29, 1.82) is 0 Å². The Kier molecular flexibility index (Phi) is 9.49. The molecule has 0 aliphatic heterocycles. The first-order valence-corrected chi connectivity index (χ1v) is 21.5. The number of anilines is 6. The summed E-state index contributed by atoms with van der Waals surface area (Å²) in [5.41, 5.74) is 15.5. The maximum Gasteiger partial charge on any atom is 0.0714 e. The maximum atomic E-state index is 6.74. The van der Waals surface area contributed by atoms with Crippen LogP contribution in [0.5, 0.6) is 0 Å². The summed E-state index contributed by atoms with van der Waals surface area (Å²) < 4.78 is 0. The minimum Gasteiger partial charge on any atom is -0.310 e. The first kappa shape index (κ1) is 37.4. The van der Waals surface area contributed by atoms with Crippen molar-refractivity contribution in [1.82, 2.24) is 0 Å². The Balaban J connectivity index is 1.18. The number of fused-ring (bicyclic) bond motifs is 5. The topological polar surface area (TPSA) is 6.48 Å². The molecule has 11 rings (SSSR count). The van der Waals surface area contributed by atoms with Gasteiger partial charge in [0.2, 0.25) is 0 Å². The molecular weight excluding hydrogens is 772 g/mol. The Bertz CT molecular complexity index is 3160. The standard InChI is InChI=1S/C59H41ClN2/c60-46-27-18-31-49(39-46)61(48-30-17-22-43(38-48)42-20-5-1-6-21-42)50-32-19-33-51(40-50)62(47-28-11-4-12-29-47)57-41-56-58(53-35-14-13-34-52(53)57)54-36-15-16-37-55(54)59(56,44-23-7-2-8-24-44)45-25-9-3-10-26-45/h1-41H. The highest BCUT2D eigenvalue weighted by Gasteiger charge is 2.47. The van der Waals surface area contributed by atoms with Crippen molar-refractivity contribution in [3.8, 4) is 22.3 Å². The Morgan fingerprint density at radius 1 is 0.323 bits per heavy atom. The first-order chi connectivity index (χ1) is 30.7. The molecular formula is C59H41ClN2. The number of benzene rings is 10. The fourth-order valence-electron chi connectivity index (χ4n) is 9.76. The van der Waals surface area contributed by atoms with E-state index in [-0.39, 0.29) is 0 Å². The molecule has 0 spiro atoms. The highest BCUT2D eigenvalue weighted by molar-refractivity contribution is 6.30. The molecule has 0 unspecified atom stereocenters. The fourth-order valence-corrected chi connectivity index (χ4v) is 9.94. The SMILES string of the molecule is Clc1cccc(N(c2cccc(-c3ccccc3)c2)c2cccc(N(c3ccccc3)c3cc4c(c5ccccc35)-c3ccccc3C4(c3ccccc3)c3ccccc3)c2)c1. The van der Waals surface area contributed by atoms with E-state index >= 15 is 0 Å². The fraction of sp³-hybridized carbons (Fsp3) is 0.0169. The zero-order chi connectivity index (χ0) is 41.5. The lowest BCUT2D eigenvalue weighted by molar-refractivity contribution is 0.769. The third-order valence-corrected chi connectivity index (χ3v) is 12.6. The van der Waals surface area contributed by atoms with Crippen LogP contribution >= 0.6 is 11.6 Å². The molecule has 294 valence electrons. The van der Waals surface area contributed by atoms with Crippen LogP contribution in [0.15, 0.2) is 249 Å². The normalized spacial score (nSPS) is 12.4. The molecule has 10 aromatic rings. The second kappa shape index (κ2) is 15.7. The summed E-state index contributed by atoms with van der Waals surface area (Å²) in [4.78, 5) is 4.74. The van der Waals surface area contributed by atoms with Crippen LogP contribution in [0.25, 0.3) is 33.0 Å². The molecule has 0 aromatic heterocycles. The lowest BCUT2D eigenvalue weighted by Gasteiger charge is -2.35. The van der Waals surface area contributed by atoms with E-state index in [1.807, 2.05) is 18.2 Å². The van der Waals surface area contributed by atoms with Crippen LogP contribution in [-0.4, -0.2) is 0 Å². The molecule has 0 heterocycles. The Hall–Kier alpha value is -7.65. The van der Waals surface area contributed by atoms with Gasteiger partial charge in [-0.2, -0.15) is 0 Å². The van der Waals surface area contributed by atoms with Crippen molar-refractivity contribution >= 4 is 56.5 Å². The van der Waals surface area contributed by atoms with Crippen molar-refractivity contribution in [3.05, 3.63) is 276 Å². The summed E-state index contributed by atoms with van der Waals surface area (Å²) >= 11 is 6.74. The number of halogens is 1. The quantitative estimate of drug-likeness (QED) is 0.143. The predicted molar refractivity (Wildman–Crippen MR) is 261 cm³/mol. The minimum absolute atomic E-state index is 0.565. The van der Waals surface area contributed by atoms with Gasteiger partial charge in [0, 0.05) is 38.8 Å². The van der Waals surface area contributed by atoms with E-state index in [1.165, 1.54) is 44.2 Å². The zero-order valence-electron chi connectivity index (χ0n) is 33.9. The van der Waals surface area contributed by atoms with Crippen LogP contribution in [0, 0.1) is 0 Å². The molecule has 0 saturated heterocycles. The lowest BCUT2D eigenvalue weighted by Crippen LogP contribution is -2.28. The van der Waals surface area contributed by atoms with Crippen LogP contribution in [-0.2, 0) is 5.41 Å². The summed E-state index contributed by atoms with van der Waals surface area (Å²) in [5, 5.41) is 3.07. The number of hydrogen-bond donors (Lipinski definition) is 0. The summed E-state index contributed by atoms with van der Waals surface area (Å²) in [7, 11) is 0. The molecule has 0 fully saturated rings. The van der Waals surface area contributed by atoms with Gasteiger partial charge in [-0.15, -0.1) is 0 Å². The van der Waals surface area contributed by atoms with Gasteiger partial charge in [-0.3, -0.25) is 0 Å². The number of para-hydroxylation sites is 1. The molecule has 10 aromatic carbocycles. The Morgan fingerprint density at radius 2 is 0.806 bits per heavy atom. The van der Waals surface area contributed by atoms with Gasteiger partial charge in [0.25, 0.3) is 0 Å². The molecule has 0 bridgehead atoms.